The van der Waals surface area contributed by atoms with Crippen LogP contribution in [0.3, 0.4) is 0 Å². The summed E-state index contributed by atoms with van der Waals surface area (Å²) in [5.41, 5.74) is 2.33. The summed E-state index contributed by atoms with van der Waals surface area (Å²) in [4.78, 5) is 0. The van der Waals surface area contributed by atoms with E-state index >= 15 is 0 Å². The third kappa shape index (κ3) is 9.89. The largest absolute Gasteiger partial charge is 0.490 e. The van der Waals surface area contributed by atoms with Gasteiger partial charge in [0.15, 0.2) is 11.6 Å². The van der Waals surface area contributed by atoms with Crippen molar-refractivity contribution in [2.45, 2.75) is 91.4 Å². The van der Waals surface area contributed by atoms with Crippen LogP contribution in [0.25, 0.3) is 0 Å². The minimum Gasteiger partial charge on any atom is -0.490 e. The zero-order valence-electron chi connectivity index (χ0n) is 20.0. The summed E-state index contributed by atoms with van der Waals surface area (Å²) in [5, 5.41) is 0. The van der Waals surface area contributed by atoms with E-state index in [1.165, 1.54) is 69.4 Å². The van der Waals surface area contributed by atoms with Crippen LogP contribution in [0.5, 0.6) is 5.75 Å². The van der Waals surface area contributed by atoms with Crippen LogP contribution < -0.4 is 4.74 Å². The van der Waals surface area contributed by atoms with Gasteiger partial charge in [-0.05, 0) is 48.8 Å². The smallest absolute Gasteiger partial charge is 0.165 e. The van der Waals surface area contributed by atoms with Gasteiger partial charge in [-0.15, -0.1) is 0 Å². The highest BCUT2D eigenvalue weighted by Crippen LogP contribution is 2.28. The predicted octanol–water partition coefficient (Wildman–Crippen LogP) is 8.93. The quantitative estimate of drug-likeness (QED) is 0.243. The molecule has 0 radical (unpaired) electrons. The fourth-order valence-corrected chi connectivity index (χ4v) is 4.54. The SMILES string of the molecule is CCCCCCCC(CCCCCOc1c(C)cccc1F)C(C)Cc1ccccc1. The summed E-state index contributed by atoms with van der Waals surface area (Å²) < 4.78 is 19.6. The first-order valence-electron chi connectivity index (χ1n) is 12.5. The molecule has 0 heterocycles. The molecule has 31 heavy (non-hydrogen) atoms. The first kappa shape index (κ1) is 25.4. The Kier molecular flexibility index (Phi) is 12.3. The van der Waals surface area contributed by atoms with Gasteiger partial charge in [-0.2, -0.15) is 0 Å². The Hall–Kier alpha value is -1.83. The van der Waals surface area contributed by atoms with Crippen molar-refractivity contribution in [2.75, 3.05) is 6.61 Å². The van der Waals surface area contributed by atoms with E-state index in [9.17, 15) is 4.39 Å². The molecule has 1 nitrogen and oxygen atoms in total. The first-order valence-corrected chi connectivity index (χ1v) is 12.5. The van der Waals surface area contributed by atoms with Crippen molar-refractivity contribution in [2.24, 2.45) is 11.8 Å². The second kappa shape index (κ2) is 15.1. The summed E-state index contributed by atoms with van der Waals surface area (Å²) in [6, 6.07) is 16.0. The number of aryl methyl sites for hydroxylation is 1. The van der Waals surface area contributed by atoms with E-state index < -0.39 is 0 Å². The monoisotopic (exact) mass is 426 g/mol. The van der Waals surface area contributed by atoms with Crippen LogP contribution in [0.15, 0.2) is 48.5 Å². The third-order valence-corrected chi connectivity index (χ3v) is 6.51. The van der Waals surface area contributed by atoms with Crippen molar-refractivity contribution in [3.05, 3.63) is 65.5 Å². The summed E-state index contributed by atoms with van der Waals surface area (Å²) in [7, 11) is 0. The van der Waals surface area contributed by atoms with Crippen LogP contribution >= 0.6 is 0 Å². The number of hydrogen-bond donors (Lipinski definition) is 0. The molecular formula is C29H43FO. The van der Waals surface area contributed by atoms with Crippen LogP contribution in [-0.2, 0) is 6.42 Å². The van der Waals surface area contributed by atoms with Crippen LogP contribution in [-0.4, -0.2) is 6.61 Å². The molecule has 172 valence electrons. The van der Waals surface area contributed by atoms with Crippen molar-refractivity contribution in [3.63, 3.8) is 0 Å². The number of unbranched alkanes of at least 4 members (excludes halogenated alkanes) is 6. The molecule has 2 aromatic rings. The Labute approximate surface area is 190 Å². The van der Waals surface area contributed by atoms with E-state index in [0.717, 1.165) is 24.3 Å². The van der Waals surface area contributed by atoms with E-state index in [4.69, 9.17) is 4.74 Å². The van der Waals surface area contributed by atoms with Gasteiger partial charge in [0, 0.05) is 0 Å². The van der Waals surface area contributed by atoms with Crippen LogP contribution in [0.2, 0.25) is 0 Å². The molecule has 2 atom stereocenters. The molecule has 0 aliphatic carbocycles. The number of halogens is 1. The Morgan fingerprint density at radius 2 is 1.48 bits per heavy atom. The maximum absolute atomic E-state index is 13.9. The van der Waals surface area contributed by atoms with Gasteiger partial charge in [0.05, 0.1) is 6.61 Å². The number of benzene rings is 2. The number of hydrogen-bond acceptors (Lipinski definition) is 1. The van der Waals surface area contributed by atoms with Crippen LogP contribution in [0.1, 0.15) is 89.2 Å². The van der Waals surface area contributed by atoms with Gasteiger partial charge in [0.1, 0.15) is 0 Å². The second-order valence-electron chi connectivity index (χ2n) is 9.21. The number of para-hydroxylation sites is 1. The van der Waals surface area contributed by atoms with Gasteiger partial charge in [-0.25, -0.2) is 4.39 Å². The van der Waals surface area contributed by atoms with Crippen molar-refractivity contribution in [3.8, 4) is 5.75 Å². The molecule has 0 fully saturated rings. The van der Waals surface area contributed by atoms with Crippen molar-refractivity contribution in [1.29, 1.82) is 0 Å². The molecular weight excluding hydrogens is 383 g/mol. The Morgan fingerprint density at radius 3 is 2.16 bits per heavy atom. The highest BCUT2D eigenvalue weighted by molar-refractivity contribution is 5.33. The minimum atomic E-state index is -0.252. The second-order valence-corrected chi connectivity index (χ2v) is 9.21. The summed E-state index contributed by atoms with van der Waals surface area (Å²) >= 11 is 0. The molecule has 2 aromatic carbocycles. The topological polar surface area (TPSA) is 9.23 Å². The molecule has 0 aliphatic heterocycles. The molecule has 0 amide bonds. The van der Waals surface area contributed by atoms with E-state index in [-0.39, 0.29) is 5.82 Å². The summed E-state index contributed by atoms with van der Waals surface area (Å²) in [5.74, 6) is 1.67. The maximum atomic E-state index is 13.9. The molecule has 0 N–H and O–H groups in total. The molecule has 0 saturated heterocycles. The van der Waals surface area contributed by atoms with E-state index in [1.54, 1.807) is 6.07 Å². The first-order chi connectivity index (χ1) is 15.1. The molecule has 0 spiro atoms. The van der Waals surface area contributed by atoms with Crippen molar-refractivity contribution < 1.29 is 9.13 Å². The van der Waals surface area contributed by atoms with Gasteiger partial charge in [-0.3, -0.25) is 0 Å². The summed E-state index contributed by atoms with van der Waals surface area (Å²) in [6.07, 6.45) is 14.0. The highest BCUT2D eigenvalue weighted by Gasteiger charge is 2.17. The lowest BCUT2D eigenvalue weighted by Gasteiger charge is -2.24. The lowest BCUT2D eigenvalue weighted by Crippen LogP contribution is -2.15. The van der Waals surface area contributed by atoms with Gasteiger partial charge in [0.25, 0.3) is 0 Å². The standard InChI is InChI=1S/C29H43FO/c1-4-5-6-7-12-19-27(25(3)23-26-17-10-8-11-18-26)20-13-9-14-22-31-29-24(2)16-15-21-28(29)30/h8,10-11,15-18,21,25,27H,4-7,9,12-14,19-20,22-23H2,1-3H3. The molecule has 2 heteroatoms. The van der Waals surface area contributed by atoms with Gasteiger partial charge in [-0.1, -0.05) is 114 Å². The van der Waals surface area contributed by atoms with Gasteiger partial charge >= 0.3 is 0 Å². The van der Waals surface area contributed by atoms with Crippen LogP contribution in [0.4, 0.5) is 4.39 Å². The minimum absolute atomic E-state index is 0.252. The van der Waals surface area contributed by atoms with Crippen LogP contribution in [0, 0.1) is 24.6 Å². The highest BCUT2D eigenvalue weighted by atomic mass is 19.1. The predicted molar refractivity (Wildman–Crippen MR) is 131 cm³/mol. The normalized spacial score (nSPS) is 13.2. The molecule has 2 unspecified atom stereocenters. The molecule has 0 bridgehead atoms. The number of rotatable bonds is 16. The van der Waals surface area contributed by atoms with Gasteiger partial charge < -0.3 is 4.74 Å². The van der Waals surface area contributed by atoms with E-state index in [0.29, 0.717) is 18.3 Å². The summed E-state index contributed by atoms with van der Waals surface area (Å²) in [6.45, 7) is 7.22. The fourth-order valence-electron chi connectivity index (χ4n) is 4.54. The third-order valence-electron chi connectivity index (χ3n) is 6.51. The van der Waals surface area contributed by atoms with E-state index in [1.807, 2.05) is 13.0 Å². The lowest BCUT2D eigenvalue weighted by atomic mass is 9.81. The molecule has 0 aromatic heterocycles. The Morgan fingerprint density at radius 1 is 0.806 bits per heavy atom. The van der Waals surface area contributed by atoms with Crippen molar-refractivity contribution >= 4 is 0 Å². The number of ether oxygens (including phenoxy) is 1. The zero-order valence-corrected chi connectivity index (χ0v) is 20.0. The molecule has 0 saturated carbocycles. The zero-order chi connectivity index (χ0) is 22.3. The molecule has 0 aliphatic rings. The Bertz CT molecular complexity index is 692. The fraction of sp³-hybridized carbons (Fsp3) is 0.586. The Balaban J connectivity index is 1.74. The lowest BCUT2D eigenvalue weighted by molar-refractivity contribution is 0.271. The average molecular weight is 427 g/mol. The van der Waals surface area contributed by atoms with Crippen molar-refractivity contribution in [1.82, 2.24) is 0 Å². The van der Waals surface area contributed by atoms with Gasteiger partial charge in [0.2, 0.25) is 0 Å². The maximum Gasteiger partial charge on any atom is 0.165 e. The van der Waals surface area contributed by atoms with E-state index in [2.05, 4.69) is 44.2 Å². The molecule has 2 rings (SSSR count). The average Bonchev–Trinajstić information content (AvgIpc) is 2.76.